The molecule has 4 rings (SSSR count). The maximum Gasteiger partial charge on any atom is 0.316 e. The maximum atomic E-state index is 13.3. The van der Waals surface area contributed by atoms with Gasteiger partial charge in [-0.05, 0) is 66.4 Å². The number of Topliss-reactive ketones (excluding diaryl/α,β-unsaturated/α-hetero) is 1. The molecule has 1 unspecified atom stereocenters. The number of aliphatic carboxylic acids is 1. The quantitative estimate of drug-likeness (QED) is 0.320. The van der Waals surface area contributed by atoms with Crippen LogP contribution in [0.3, 0.4) is 0 Å². The lowest BCUT2D eigenvalue weighted by Crippen LogP contribution is -2.46. The van der Waals surface area contributed by atoms with Crippen LogP contribution in [0, 0.1) is 11.7 Å². The maximum absolute atomic E-state index is 13.3. The van der Waals surface area contributed by atoms with Crippen LogP contribution in [0.2, 0.25) is 10.0 Å². The lowest BCUT2D eigenvalue weighted by atomic mass is 9.86. The van der Waals surface area contributed by atoms with Crippen molar-refractivity contribution >= 4 is 45.0 Å². The van der Waals surface area contributed by atoms with Gasteiger partial charge in [0.05, 0.1) is 17.0 Å². The largest absolute Gasteiger partial charge is 0.481 e. The minimum absolute atomic E-state index is 0.0779. The molecule has 194 valence electrons. The highest BCUT2D eigenvalue weighted by Gasteiger charge is 2.42. The van der Waals surface area contributed by atoms with E-state index in [1.54, 1.807) is 36.4 Å². The standard InChI is InChI=1S/C26H23Cl2FN2O5S/c27-18-12-19(28)14-21(13-18)37(35,36)31-24(23(26(33)34)25(32)22-2-1-11-30-22)17-5-3-15(4-6-17)16-7-9-20(29)10-8-16/h3-10,12-14,22-24,30-31H,1-2,11H2,(H,33,34)/t22?,23-,24-/m0/s1. The van der Waals surface area contributed by atoms with Gasteiger partial charge in [-0.15, -0.1) is 0 Å². The fourth-order valence-electron chi connectivity index (χ4n) is 4.35. The molecule has 1 aliphatic heterocycles. The monoisotopic (exact) mass is 564 g/mol. The van der Waals surface area contributed by atoms with E-state index in [9.17, 15) is 27.5 Å². The first-order valence-corrected chi connectivity index (χ1v) is 13.6. The summed E-state index contributed by atoms with van der Waals surface area (Å²) in [5.74, 6) is -4.18. The molecule has 1 aliphatic rings. The third kappa shape index (κ3) is 6.37. The fourth-order valence-corrected chi connectivity index (χ4v) is 6.31. The van der Waals surface area contributed by atoms with Gasteiger partial charge in [0.2, 0.25) is 10.0 Å². The second kappa shape index (κ2) is 11.3. The van der Waals surface area contributed by atoms with Gasteiger partial charge in [0.1, 0.15) is 11.7 Å². The second-order valence-corrected chi connectivity index (χ2v) is 11.3. The summed E-state index contributed by atoms with van der Waals surface area (Å²) in [5, 5.41) is 13.2. The molecule has 0 aromatic heterocycles. The third-order valence-electron chi connectivity index (χ3n) is 6.19. The lowest BCUT2D eigenvalue weighted by Gasteiger charge is -2.27. The smallest absolute Gasteiger partial charge is 0.316 e. The average molecular weight is 565 g/mol. The van der Waals surface area contributed by atoms with Crippen molar-refractivity contribution in [3.63, 3.8) is 0 Å². The molecule has 3 aromatic carbocycles. The predicted octanol–water partition coefficient (Wildman–Crippen LogP) is 4.84. The number of carboxylic acids is 1. The first kappa shape index (κ1) is 27.2. The third-order valence-corrected chi connectivity index (χ3v) is 8.04. The van der Waals surface area contributed by atoms with Gasteiger partial charge < -0.3 is 10.4 Å². The summed E-state index contributed by atoms with van der Waals surface area (Å²) in [6.07, 6.45) is 1.15. The van der Waals surface area contributed by atoms with Crippen LogP contribution in [0.4, 0.5) is 4.39 Å². The summed E-state index contributed by atoms with van der Waals surface area (Å²) in [6, 6.07) is 13.8. The lowest BCUT2D eigenvalue weighted by molar-refractivity contribution is -0.148. The summed E-state index contributed by atoms with van der Waals surface area (Å²) < 4.78 is 42.4. The van der Waals surface area contributed by atoms with Crippen molar-refractivity contribution < 1.29 is 27.5 Å². The van der Waals surface area contributed by atoms with Gasteiger partial charge in [-0.25, -0.2) is 17.5 Å². The number of sulfonamides is 1. The van der Waals surface area contributed by atoms with Crippen molar-refractivity contribution in [2.24, 2.45) is 5.92 Å². The number of benzene rings is 3. The van der Waals surface area contributed by atoms with Crippen LogP contribution in [0.5, 0.6) is 0 Å². The molecule has 3 aromatic rings. The average Bonchev–Trinajstić information content (AvgIpc) is 3.38. The van der Waals surface area contributed by atoms with Gasteiger partial charge >= 0.3 is 5.97 Å². The second-order valence-electron chi connectivity index (χ2n) is 8.70. The van der Waals surface area contributed by atoms with E-state index in [-0.39, 0.29) is 26.3 Å². The molecular formula is C26H23Cl2FN2O5S. The molecule has 37 heavy (non-hydrogen) atoms. The summed E-state index contributed by atoms with van der Waals surface area (Å²) >= 11 is 12.0. The van der Waals surface area contributed by atoms with E-state index < -0.39 is 39.8 Å². The van der Waals surface area contributed by atoms with Crippen LogP contribution in [-0.2, 0) is 19.6 Å². The summed E-state index contributed by atoms with van der Waals surface area (Å²) in [6.45, 7) is 0.562. The van der Waals surface area contributed by atoms with E-state index >= 15 is 0 Å². The highest BCUT2D eigenvalue weighted by Crippen LogP contribution is 2.31. The molecule has 1 heterocycles. The van der Waals surface area contributed by atoms with E-state index in [0.717, 1.165) is 0 Å². The Hall–Kier alpha value is -2.82. The van der Waals surface area contributed by atoms with E-state index in [2.05, 4.69) is 10.0 Å². The molecule has 0 aliphatic carbocycles. The van der Waals surface area contributed by atoms with E-state index in [1.165, 1.54) is 30.3 Å². The topological polar surface area (TPSA) is 113 Å². The van der Waals surface area contributed by atoms with Crippen LogP contribution >= 0.6 is 23.2 Å². The van der Waals surface area contributed by atoms with Crippen LogP contribution < -0.4 is 10.0 Å². The number of carboxylic acid groups (broad SMARTS) is 1. The van der Waals surface area contributed by atoms with E-state index in [4.69, 9.17) is 23.2 Å². The minimum Gasteiger partial charge on any atom is -0.481 e. The first-order valence-electron chi connectivity index (χ1n) is 11.4. The van der Waals surface area contributed by atoms with Crippen LogP contribution in [0.25, 0.3) is 11.1 Å². The number of carbonyl (C=O) groups excluding carboxylic acids is 1. The Balaban J connectivity index is 1.76. The highest BCUT2D eigenvalue weighted by molar-refractivity contribution is 7.89. The molecule has 0 saturated carbocycles. The number of hydrogen-bond acceptors (Lipinski definition) is 5. The van der Waals surface area contributed by atoms with Crippen molar-refractivity contribution in [3.8, 4) is 11.1 Å². The van der Waals surface area contributed by atoms with Gasteiger partial charge in [0, 0.05) is 10.0 Å². The fraction of sp³-hybridized carbons (Fsp3) is 0.231. The van der Waals surface area contributed by atoms with Crippen LogP contribution in [-0.4, -0.2) is 37.9 Å². The molecule has 3 atom stereocenters. The number of halogens is 3. The van der Waals surface area contributed by atoms with E-state index in [0.29, 0.717) is 30.5 Å². The zero-order chi connectivity index (χ0) is 26.7. The number of ketones is 1. The van der Waals surface area contributed by atoms with Crippen molar-refractivity contribution in [3.05, 3.63) is 88.2 Å². The molecular weight excluding hydrogens is 542 g/mol. The van der Waals surface area contributed by atoms with Crippen LogP contribution in [0.1, 0.15) is 24.4 Å². The molecule has 1 saturated heterocycles. The van der Waals surface area contributed by atoms with Crippen molar-refractivity contribution in [1.29, 1.82) is 0 Å². The van der Waals surface area contributed by atoms with Gasteiger partial charge in [-0.1, -0.05) is 59.6 Å². The van der Waals surface area contributed by atoms with Crippen molar-refractivity contribution in [2.75, 3.05) is 6.54 Å². The molecule has 0 amide bonds. The van der Waals surface area contributed by atoms with Crippen molar-refractivity contribution in [1.82, 2.24) is 10.0 Å². The number of rotatable bonds is 9. The first-order chi connectivity index (χ1) is 17.5. The Morgan fingerprint density at radius 1 is 0.973 bits per heavy atom. The van der Waals surface area contributed by atoms with Crippen LogP contribution in [0.15, 0.2) is 71.6 Å². The molecule has 1 fully saturated rings. The summed E-state index contributed by atoms with van der Waals surface area (Å²) in [5.41, 5.74) is 1.67. The summed E-state index contributed by atoms with van der Waals surface area (Å²) in [4.78, 5) is 25.4. The normalized spacial score (nSPS) is 17.3. The molecule has 0 bridgehead atoms. The molecule has 0 spiro atoms. The number of hydrogen-bond donors (Lipinski definition) is 3. The van der Waals surface area contributed by atoms with Gasteiger partial charge in [0.25, 0.3) is 0 Å². The van der Waals surface area contributed by atoms with Gasteiger partial charge in [0.15, 0.2) is 5.78 Å². The van der Waals surface area contributed by atoms with Gasteiger partial charge in [-0.3, -0.25) is 9.59 Å². The Bertz CT molecular complexity index is 1390. The molecule has 0 radical (unpaired) electrons. The van der Waals surface area contributed by atoms with E-state index in [1.807, 2.05) is 0 Å². The molecule has 11 heteroatoms. The highest BCUT2D eigenvalue weighted by atomic mass is 35.5. The zero-order valence-electron chi connectivity index (χ0n) is 19.3. The Morgan fingerprint density at radius 2 is 1.54 bits per heavy atom. The van der Waals surface area contributed by atoms with Crippen molar-refractivity contribution in [2.45, 2.75) is 29.8 Å². The predicted molar refractivity (Wildman–Crippen MR) is 139 cm³/mol. The number of carbonyl (C=O) groups is 2. The Morgan fingerprint density at radius 3 is 2.05 bits per heavy atom. The number of nitrogens with one attached hydrogen (secondary N) is 2. The Labute approximate surface area is 223 Å². The SMILES string of the molecule is O=C(O)[C@H](C(=O)C1CCCN1)[C@@H](NS(=O)(=O)c1cc(Cl)cc(Cl)c1)c1ccc(-c2ccc(F)cc2)cc1. The minimum atomic E-state index is -4.35. The molecule has 7 nitrogen and oxygen atoms in total. The summed E-state index contributed by atoms with van der Waals surface area (Å²) in [7, 11) is -4.35. The van der Waals surface area contributed by atoms with Gasteiger partial charge in [-0.2, -0.15) is 0 Å². The zero-order valence-corrected chi connectivity index (χ0v) is 21.7. The Kier molecular flexibility index (Phi) is 8.30. The molecule has 3 N–H and O–H groups in total.